The summed E-state index contributed by atoms with van der Waals surface area (Å²) in [4.78, 5) is 22.7. The SMILES string of the molecule is O=C(CNCC1CCC(=O)N1)NC1CCCCC1. The van der Waals surface area contributed by atoms with E-state index in [2.05, 4.69) is 16.0 Å². The van der Waals surface area contributed by atoms with Gasteiger partial charge in [0.1, 0.15) is 0 Å². The Balaban J connectivity index is 1.55. The summed E-state index contributed by atoms with van der Waals surface area (Å²) >= 11 is 0. The largest absolute Gasteiger partial charge is 0.352 e. The lowest BCUT2D eigenvalue weighted by atomic mass is 9.95. The molecule has 2 amide bonds. The molecule has 2 fully saturated rings. The van der Waals surface area contributed by atoms with E-state index in [1.165, 1.54) is 19.3 Å². The molecule has 3 N–H and O–H groups in total. The zero-order chi connectivity index (χ0) is 12.8. The molecular formula is C13H23N3O2. The average Bonchev–Trinajstić information content (AvgIpc) is 2.76. The molecule has 5 nitrogen and oxygen atoms in total. The summed E-state index contributed by atoms with van der Waals surface area (Å²) in [5, 5.41) is 9.05. The van der Waals surface area contributed by atoms with E-state index in [0.717, 1.165) is 19.3 Å². The van der Waals surface area contributed by atoms with Crippen molar-refractivity contribution in [3.8, 4) is 0 Å². The Morgan fingerprint density at radius 2 is 2.00 bits per heavy atom. The zero-order valence-corrected chi connectivity index (χ0v) is 10.8. The van der Waals surface area contributed by atoms with Crippen LogP contribution in [-0.4, -0.2) is 37.0 Å². The van der Waals surface area contributed by atoms with Gasteiger partial charge in [-0.2, -0.15) is 0 Å². The van der Waals surface area contributed by atoms with E-state index in [9.17, 15) is 9.59 Å². The molecule has 18 heavy (non-hydrogen) atoms. The molecule has 2 rings (SSSR count). The van der Waals surface area contributed by atoms with Gasteiger partial charge in [0.15, 0.2) is 0 Å². The Morgan fingerprint density at radius 3 is 2.67 bits per heavy atom. The summed E-state index contributed by atoms with van der Waals surface area (Å²) in [5.41, 5.74) is 0. The van der Waals surface area contributed by atoms with E-state index in [1.54, 1.807) is 0 Å². The molecule has 1 atom stereocenters. The van der Waals surface area contributed by atoms with Crippen molar-refractivity contribution in [1.29, 1.82) is 0 Å². The molecule has 0 aromatic heterocycles. The third kappa shape index (κ3) is 4.29. The van der Waals surface area contributed by atoms with Crippen LogP contribution in [0.5, 0.6) is 0 Å². The minimum atomic E-state index is 0.0752. The van der Waals surface area contributed by atoms with Crippen molar-refractivity contribution in [3.63, 3.8) is 0 Å². The van der Waals surface area contributed by atoms with Gasteiger partial charge in [-0.15, -0.1) is 0 Å². The van der Waals surface area contributed by atoms with Gasteiger partial charge in [0, 0.05) is 25.0 Å². The molecule has 0 aromatic carbocycles. The molecule has 0 spiro atoms. The van der Waals surface area contributed by atoms with Crippen LogP contribution in [0.25, 0.3) is 0 Å². The lowest BCUT2D eigenvalue weighted by molar-refractivity contribution is -0.121. The minimum absolute atomic E-state index is 0.0752. The molecule has 5 heteroatoms. The molecule has 1 aliphatic carbocycles. The minimum Gasteiger partial charge on any atom is -0.352 e. The zero-order valence-electron chi connectivity index (χ0n) is 10.8. The predicted molar refractivity (Wildman–Crippen MR) is 69.1 cm³/mol. The van der Waals surface area contributed by atoms with Gasteiger partial charge in [-0.25, -0.2) is 0 Å². The van der Waals surface area contributed by atoms with Gasteiger partial charge in [-0.1, -0.05) is 19.3 Å². The first-order valence-corrected chi connectivity index (χ1v) is 7.03. The van der Waals surface area contributed by atoms with E-state index >= 15 is 0 Å². The number of rotatable bonds is 5. The molecule has 0 radical (unpaired) electrons. The molecule has 1 unspecified atom stereocenters. The Bertz CT molecular complexity index is 301. The summed E-state index contributed by atoms with van der Waals surface area (Å²) in [6, 6.07) is 0.569. The van der Waals surface area contributed by atoms with Crippen molar-refractivity contribution in [3.05, 3.63) is 0 Å². The maximum atomic E-state index is 11.7. The second kappa shape index (κ2) is 6.73. The van der Waals surface area contributed by atoms with E-state index in [-0.39, 0.29) is 17.9 Å². The normalized spacial score (nSPS) is 24.9. The number of nitrogens with one attached hydrogen (secondary N) is 3. The summed E-state index contributed by atoms with van der Waals surface area (Å²) in [6.07, 6.45) is 7.47. The van der Waals surface area contributed by atoms with Crippen LogP contribution in [-0.2, 0) is 9.59 Å². The quantitative estimate of drug-likeness (QED) is 0.660. The van der Waals surface area contributed by atoms with Gasteiger partial charge >= 0.3 is 0 Å². The van der Waals surface area contributed by atoms with Crippen LogP contribution in [0, 0.1) is 0 Å². The van der Waals surface area contributed by atoms with Crippen LogP contribution in [0.15, 0.2) is 0 Å². The molecule has 1 saturated heterocycles. The lowest BCUT2D eigenvalue weighted by Crippen LogP contribution is -2.44. The number of carbonyl (C=O) groups excluding carboxylic acids is 2. The first kappa shape index (κ1) is 13.3. The van der Waals surface area contributed by atoms with Crippen molar-refractivity contribution >= 4 is 11.8 Å². The fourth-order valence-corrected chi connectivity index (χ4v) is 2.72. The summed E-state index contributed by atoms with van der Waals surface area (Å²) in [6.45, 7) is 1.03. The number of hydrogen-bond donors (Lipinski definition) is 3. The van der Waals surface area contributed by atoms with Gasteiger partial charge in [-0.05, 0) is 19.3 Å². The number of carbonyl (C=O) groups is 2. The Kier molecular flexibility index (Phi) is 4.99. The molecule has 2 aliphatic rings. The smallest absolute Gasteiger partial charge is 0.234 e. The topological polar surface area (TPSA) is 70.2 Å². The van der Waals surface area contributed by atoms with Gasteiger partial charge < -0.3 is 16.0 Å². The van der Waals surface area contributed by atoms with Gasteiger partial charge in [0.25, 0.3) is 0 Å². The fourth-order valence-electron chi connectivity index (χ4n) is 2.72. The monoisotopic (exact) mass is 253 g/mol. The van der Waals surface area contributed by atoms with Crippen molar-refractivity contribution < 1.29 is 9.59 Å². The molecule has 0 bridgehead atoms. The van der Waals surface area contributed by atoms with Crippen LogP contribution in [0.1, 0.15) is 44.9 Å². The highest BCUT2D eigenvalue weighted by Crippen LogP contribution is 2.17. The van der Waals surface area contributed by atoms with Gasteiger partial charge in [0.2, 0.25) is 11.8 Å². The average molecular weight is 253 g/mol. The molecule has 1 heterocycles. The first-order chi connectivity index (χ1) is 8.74. The second-order valence-electron chi connectivity index (χ2n) is 5.34. The van der Waals surface area contributed by atoms with Gasteiger partial charge in [-0.3, -0.25) is 9.59 Å². The highest BCUT2D eigenvalue weighted by molar-refractivity contribution is 5.79. The van der Waals surface area contributed by atoms with Crippen molar-refractivity contribution in [2.24, 2.45) is 0 Å². The highest BCUT2D eigenvalue weighted by Gasteiger charge is 2.20. The number of hydrogen-bond acceptors (Lipinski definition) is 3. The Hall–Kier alpha value is -1.10. The standard InChI is InChI=1S/C13H23N3O2/c17-12-7-6-11(16-12)8-14-9-13(18)15-10-4-2-1-3-5-10/h10-11,14H,1-9H2,(H,15,18)(H,16,17). The molecule has 0 aromatic rings. The third-order valence-corrected chi connectivity index (χ3v) is 3.73. The van der Waals surface area contributed by atoms with Crippen LogP contribution in [0.3, 0.4) is 0 Å². The second-order valence-corrected chi connectivity index (χ2v) is 5.34. The molecule has 1 saturated carbocycles. The van der Waals surface area contributed by atoms with E-state index < -0.39 is 0 Å². The molecule has 1 aliphatic heterocycles. The molecular weight excluding hydrogens is 230 g/mol. The van der Waals surface area contributed by atoms with Gasteiger partial charge in [0.05, 0.1) is 6.54 Å². The van der Waals surface area contributed by atoms with E-state index in [0.29, 0.717) is 25.6 Å². The number of amides is 2. The highest BCUT2D eigenvalue weighted by atomic mass is 16.2. The van der Waals surface area contributed by atoms with Crippen molar-refractivity contribution in [1.82, 2.24) is 16.0 Å². The van der Waals surface area contributed by atoms with Crippen LogP contribution < -0.4 is 16.0 Å². The van der Waals surface area contributed by atoms with Crippen LogP contribution in [0.2, 0.25) is 0 Å². The summed E-state index contributed by atoms with van der Waals surface area (Å²) in [5.74, 6) is 0.194. The maximum Gasteiger partial charge on any atom is 0.234 e. The fraction of sp³-hybridized carbons (Fsp3) is 0.846. The Labute approximate surface area is 108 Å². The lowest BCUT2D eigenvalue weighted by Gasteiger charge is -2.23. The third-order valence-electron chi connectivity index (χ3n) is 3.73. The summed E-state index contributed by atoms with van der Waals surface area (Å²) in [7, 11) is 0. The van der Waals surface area contributed by atoms with E-state index in [4.69, 9.17) is 0 Å². The van der Waals surface area contributed by atoms with Crippen LogP contribution in [0.4, 0.5) is 0 Å². The maximum absolute atomic E-state index is 11.7. The Morgan fingerprint density at radius 1 is 1.22 bits per heavy atom. The predicted octanol–water partition coefficient (Wildman–Crippen LogP) is 0.304. The first-order valence-electron chi connectivity index (χ1n) is 7.03. The van der Waals surface area contributed by atoms with Crippen molar-refractivity contribution in [2.45, 2.75) is 57.0 Å². The molecule has 102 valence electrons. The van der Waals surface area contributed by atoms with Crippen LogP contribution >= 0.6 is 0 Å². The van der Waals surface area contributed by atoms with E-state index in [1.807, 2.05) is 0 Å². The summed E-state index contributed by atoms with van der Waals surface area (Å²) < 4.78 is 0. The van der Waals surface area contributed by atoms with Crippen molar-refractivity contribution in [2.75, 3.05) is 13.1 Å².